The third-order valence-electron chi connectivity index (χ3n) is 4.35. The van der Waals surface area contributed by atoms with Crippen molar-refractivity contribution in [1.29, 1.82) is 0 Å². The molecule has 0 unspecified atom stereocenters. The summed E-state index contributed by atoms with van der Waals surface area (Å²) in [6.45, 7) is 4.01. The minimum absolute atomic E-state index is 0.162. The first-order valence-electron chi connectivity index (χ1n) is 6.82. The first kappa shape index (κ1) is 13.5. The second kappa shape index (κ2) is 4.80. The molecule has 0 heterocycles. The van der Waals surface area contributed by atoms with Gasteiger partial charge in [-0.1, -0.05) is 29.8 Å². The Hall–Kier alpha value is -1.51. The lowest BCUT2D eigenvalue weighted by atomic mass is 9.92. The number of rotatable bonds is 1. The highest BCUT2D eigenvalue weighted by molar-refractivity contribution is 6.30. The molecule has 0 amide bonds. The van der Waals surface area contributed by atoms with E-state index in [1.165, 1.54) is 16.7 Å². The van der Waals surface area contributed by atoms with Crippen molar-refractivity contribution in [1.82, 2.24) is 0 Å². The highest BCUT2D eigenvalue weighted by Gasteiger charge is 2.34. The van der Waals surface area contributed by atoms with Gasteiger partial charge >= 0.3 is 0 Å². The highest BCUT2D eigenvalue weighted by Crippen LogP contribution is 2.47. The molecular formula is C17H18ClNO. The second-order valence-electron chi connectivity index (χ2n) is 5.64. The fraction of sp³-hybridized carbons (Fsp3) is 0.294. The van der Waals surface area contributed by atoms with Gasteiger partial charge in [-0.3, -0.25) is 0 Å². The summed E-state index contributed by atoms with van der Waals surface area (Å²) in [6.07, 6.45) is 0.873. The zero-order chi connectivity index (χ0) is 14.4. The number of halogens is 1. The van der Waals surface area contributed by atoms with Gasteiger partial charge in [-0.05, 0) is 54.7 Å². The van der Waals surface area contributed by atoms with Crippen LogP contribution in [-0.2, 0) is 6.42 Å². The van der Waals surface area contributed by atoms with Crippen LogP contribution >= 0.6 is 11.6 Å². The lowest BCUT2D eigenvalue weighted by Crippen LogP contribution is -2.15. The summed E-state index contributed by atoms with van der Waals surface area (Å²) in [7, 11) is 0. The summed E-state index contributed by atoms with van der Waals surface area (Å²) in [5, 5.41) is 11.1. The van der Waals surface area contributed by atoms with Crippen molar-refractivity contribution in [2.24, 2.45) is 5.73 Å². The molecule has 2 aromatic carbocycles. The molecular weight excluding hydrogens is 270 g/mol. The number of phenols is 1. The monoisotopic (exact) mass is 287 g/mol. The van der Waals surface area contributed by atoms with E-state index >= 15 is 0 Å². The van der Waals surface area contributed by atoms with Gasteiger partial charge in [-0.2, -0.15) is 0 Å². The Morgan fingerprint density at radius 2 is 1.80 bits per heavy atom. The SMILES string of the molecule is Cc1cc(C)c2c(c1O)[C@@H](N)[C@H](c1ccc(Cl)cc1)C2. The van der Waals surface area contributed by atoms with Crippen LogP contribution in [0.1, 0.15) is 39.8 Å². The largest absolute Gasteiger partial charge is 0.507 e. The van der Waals surface area contributed by atoms with Crippen molar-refractivity contribution in [2.45, 2.75) is 32.2 Å². The Kier molecular flexibility index (Phi) is 3.23. The molecule has 2 atom stereocenters. The van der Waals surface area contributed by atoms with Crippen molar-refractivity contribution in [2.75, 3.05) is 0 Å². The predicted molar refractivity (Wildman–Crippen MR) is 82.4 cm³/mol. The van der Waals surface area contributed by atoms with E-state index in [4.69, 9.17) is 17.3 Å². The van der Waals surface area contributed by atoms with Gasteiger partial charge < -0.3 is 10.8 Å². The molecule has 3 rings (SSSR count). The maximum absolute atomic E-state index is 10.3. The van der Waals surface area contributed by atoms with Crippen molar-refractivity contribution in [3.8, 4) is 5.75 Å². The van der Waals surface area contributed by atoms with Gasteiger partial charge in [0.05, 0.1) is 0 Å². The molecule has 3 heteroatoms. The molecule has 0 aliphatic heterocycles. The minimum Gasteiger partial charge on any atom is -0.507 e. The summed E-state index contributed by atoms with van der Waals surface area (Å²) in [5.41, 5.74) is 11.8. The molecule has 1 aliphatic rings. The number of phenolic OH excluding ortho intramolecular Hbond substituents is 1. The maximum Gasteiger partial charge on any atom is 0.123 e. The Bertz CT molecular complexity index is 664. The van der Waals surface area contributed by atoms with E-state index in [1.54, 1.807) is 0 Å². The van der Waals surface area contributed by atoms with Crippen molar-refractivity contribution in [3.05, 3.63) is 63.2 Å². The second-order valence-corrected chi connectivity index (χ2v) is 6.08. The van der Waals surface area contributed by atoms with Crippen LogP contribution in [0.2, 0.25) is 5.02 Å². The molecule has 0 bridgehead atoms. The van der Waals surface area contributed by atoms with Crippen LogP contribution in [0.3, 0.4) is 0 Å². The topological polar surface area (TPSA) is 46.2 Å². The van der Waals surface area contributed by atoms with E-state index in [-0.39, 0.29) is 12.0 Å². The molecule has 0 saturated carbocycles. The summed E-state index contributed by atoms with van der Waals surface area (Å²) in [4.78, 5) is 0. The molecule has 0 aromatic heterocycles. The van der Waals surface area contributed by atoms with Crippen LogP contribution in [0.15, 0.2) is 30.3 Å². The van der Waals surface area contributed by atoms with Gasteiger partial charge in [-0.15, -0.1) is 0 Å². The number of hydrogen-bond donors (Lipinski definition) is 2. The fourth-order valence-corrected chi connectivity index (χ4v) is 3.39. The summed E-state index contributed by atoms with van der Waals surface area (Å²) in [6, 6.07) is 9.71. The van der Waals surface area contributed by atoms with Gasteiger partial charge in [0, 0.05) is 22.5 Å². The van der Waals surface area contributed by atoms with Crippen LogP contribution in [-0.4, -0.2) is 5.11 Å². The first-order valence-corrected chi connectivity index (χ1v) is 7.20. The van der Waals surface area contributed by atoms with Crippen molar-refractivity contribution < 1.29 is 5.11 Å². The van der Waals surface area contributed by atoms with Crippen LogP contribution in [0.4, 0.5) is 0 Å². The molecule has 104 valence electrons. The number of benzene rings is 2. The normalized spacial score (nSPS) is 21.0. The Balaban J connectivity index is 2.06. The van der Waals surface area contributed by atoms with Crippen LogP contribution in [0.25, 0.3) is 0 Å². The molecule has 0 spiro atoms. The molecule has 2 nitrogen and oxygen atoms in total. The lowest BCUT2D eigenvalue weighted by molar-refractivity contribution is 0.456. The van der Waals surface area contributed by atoms with Crippen molar-refractivity contribution in [3.63, 3.8) is 0 Å². The number of nitrogens with two attached hydrogens (primary N) is 1. The Morgan fingerprint density at radius 1 is 1.15 bits per heavy atom. The lowest BCUT2D eigenvalue weighted by Gasteiger charge is -2.17. The highest BCUT2D eigenvalue weighted by atomic mass is 35.5. The van der Waals surface area contributed by atoms with Gasteiger partial charge in [0.1, 0.15) is 5.75 Å². The maximum atomic E-state index is 10.3. The quantitative estimate of drug-likeness (QED) is 0.833. The zero-order valence-corrected chi connectivity index (χ0v) is 12.4. The molecule has 3 N–H and O–H groups in total. The summed E-state index contributed by atoms with van der Waals surface area (Å²) in [5.74, 6) is 0.559. The van der Waals surface area contributed by atoms with E-state index in [0.717, 1.165) is 22.6 Å². The molecule has 0 fully saturated rings. The fourth-order valence-electron chi connectivity index (χ4n) is 3.26. The Labute approximate surface area is 124 Å². The number of hydrogen-bond acceptors (Lipinski definition) is 2. The number of aryl methyl sites for hydroxylation is 2. The van der Waals surface area contributed by atoms with Crippen molar-refractivity contribution >= 4 is 11.6 Å². The van der Waals surface area contributed by atoms with E-state index in [1.807, 2.05) is 37.3 Å². The van der Waals surface area contributed by atoms with Gasteiger partial charge in [0.25, 0.3) is 0 Å². The summed E-state index contributed by atoms with van der Waals surface area (Å²) >= 11 is 5.94. The third kappa shape index (κ3) is 2.00. The van der Waals surface area contributed by atoms with E-state index in [0.29, 0.717) is 5.75 Å². The summed E-state index contributed by atoms with van der Waals surface area (Å²) < 4.78 is 0. The van der Waals surface area contributed by atoms with Gasteiger partial charge in [-0.25, -0.2) is 0 Å². The number of fused-ring (bicyclic) bond motifs is 1. The average molecular weight is 288 g/mol. The molecule has 20 heavy (non-hydrogen) atoms. The average Bonchev–Trinajstić information content (AvgIpc) is 2.76. The smallest absolute Gasteiger partial charge is 0.123 e. The van der Waals surface area contributed by atoms with Crippen LogP contribution in [0, 0.1) is 13.8 Å². The van der Waals surface area contributed by atoms with Crippen LogP contribution in [0.5, 0.6) is 5.75 Å². The standard InChI is InChI=1S/C17H18ClNO/c1-9-7-10(2)17(20)15-13(9)8-14(16(15)19)11-3-5-12(18)6-4-11/h3-7,14,16,20H,8,19H2,1-2H3/t14-,16-/m0/s1. The minimum atomic E-state index is -0.162. The van der Waals surface area contributed by atoms with Crippen LogP contribution < -0.4 is 5.73 Å². The third-order valence-corrected chi connectivity index (χ3v) is 4.60. The molecule has 2 aromatic rings. The van der Waals surface area contributed by atoms with E-state index in [9.17, 15) is 5.11 Å². The molecule has 1 aliphatic carbocycles. The molecule has 0 radical (unpaired) electrons. The zero-order valence-electron chi connectivity index (χ0n) is 11.7. The molecule has 0 saturated heterocycles. The van der Waals surface area contributed by atoms with E-state index in [2.05, 4.69) is 6.92 Å². The van der Waals surface area contributed by atoms with Gasteiger partial charge in [0.2, 0.25) is 0 Å². The van der Waals surface area contributed by atoms with Gasteiger partial charge in [0.15, 0.2) is 0 Å². The first-order chi connectivity index (χ1) is 9.49. The predicted octanol–water partition coefficient (Wildman–Crippen LogP) is 4.00. The Morgan fingerprint density at radius 3 is 2.45 bits per heavy atom. The van der Waals surface area contributed by atoms with E-state index < -0.39 is 0 Å². The number of aromatic hydroxyl groups is 1.